The summed E-state index contributed by atoms with van der Waals surface area (Å²) in [5.41, 5.74) is 1.75. The fraction of sp³-hybridized carbons (Fsp3) is 0.423. The molecule has 1 saturated heterocycles. The zero-order chi connectivity index (χ0) is 26.3. The predicted octanol–water partition coefficient (Wildman–Crippen LogP) is 1.58. The summed E-state index contributed by atoms with van der Waals surface area (Å²) in [5.74, 6) is 1.64. The molecule has 11 nitrogen and oxygen atoms in total. The van der Waals surface area contributed by atoms with E-state index in [9.17, 15) is 20.1 Å². The van der Waals surface area contributed by atoms with Gasteiger partial charge in [-0.25, -0.2) is 4.79 Å². The molecule has 5 rings (SSSR count). The van der Waals surface area contributed by atoms with Gasteiger partial charge >= 0.3 is 5.97 Å². The third kappa shape index (κ3) is 4.44. The molecule has 1 fully saturated rings. The normalized spacial score (nSPS) is 29.8. The van der Waals surface area contributed by atoms with Crippen molar-refractivity contribution in [1.82, 2.24) is 0 Å². The Hall–Kier alpha value is -3.51. The van der Waals surface area contributed by atoms with Crippen molar-refractivity contribution in [3.05, 3.63) is 53.6 Å². The molecule has 3 aliphatic heterocycles. The number of benzene rings is 2. The molecule has 0 bridgehead atoms. The Morgan fingerprint density at radius 1 is 1.00 bits per heavy atom. The summed E-state index contributed by atoms with van der Waals surface area (Å²) in [6.45, 7) is 1.97. The molecule has 198 valence electrons. The molecule has 3 aliphatic rings. The van der Waals surface area contributed by atoms with Crippen LogP contribution in [0.1, 0.15) is 30.1 Å². The molecule has 0 aliphatic carbocycles. The smallest absolute Gasteiger partial charge is 0.332 e. The lowest BCUT2D eigenvalue weighted by molar-refractivity contribution is -0.323. The van der Waals surface area contributed by atoms with Gasteiger partial charge in [-0.05, 0) is 25.1 Å². The number of aliphatic hydroxyl groups is 3. The average molecular weight is 516 g/mol. The molecule has 2 aromatic rings. The van der Waals surface area contributed by atoms with Crippen molar-refractivity contribution in [3.8, 4) is 28.7 Å². The van der Waals surface area contributed by atoms with E-state index in [1.165, 1.54) is 6.08 Å². The fourth-order valence-corrected chi connectivity index (χ4v) is 4.72. The van der Waals surface area contributed by atoms with E-state index in [-0.39, 0.29) is 17.8 Å². The summed E-state index contributed by atoms with van der Waals surface area (Å²) in [6, 6.07) is 8.81. The van der Waals surface area contributed by atoms with Gasteiger partial charge in [0.1, 0.15) is 35.9 Å². The van der Waals surface area contributed by atoms with Gasteiger partial charge in [0.2, 0.25) is 18.3 Å². The number of fused-ring (bicyclic) bond motifs is 5. The van der Waals surface area contributed by atoms with Gasteiger partial charge in [-0.3, -0.25) is 4.74 Å². The highest BCUT2D eigenvalue weighted by atomic mass is 16.8. The van der Waals surface area contributed by atoms with Gasteiger partial charge in [-0.2, -0.15) is 0 Å². The maximum Gasteiger partial charge on any atom is 0.332 e. The van der Waals surface area contributed by atoms with E-state index in [4.69, 9.17) is 33.2 Å². The molecule has 3 heterocycles. The topological polar surface area (TPSA) is 142 Å². The number of esters is 1. The molecule has 11 heteroatoms. The van der Waals surface area contributed by atoms with E-state index >= 15 is 0 Å². The largest absolute Gasteiger partial charge is 0.493 e. The molecule has 0 aromatic heterocycles. The number of aliphatic hydroxyl groups excluding tert-OH is 3. The molecule has 0 radical (unpaired) electrons. The molecule has 2 aromatic carbocycles. The first-order chi connectivity index (χ1) is 17.9. The number of methoxy groups -OCH3 is 2. The van der Waals surface area contributed by atoms with E-state index in [2.05, 4.69) is 0 Å². The van der Waals surface area contributed by atoms with Gasteiger partial charge in [0.05, 0.1) is 26.7 Å². The van der Waals surface area contributed by atoms with Crippen LogP contribution in [0.5, 0.6) is 28.7 Å². The lowest BCUT2D eigenvalue weighted by Crippen LogP contribution is -2.60. The van der Waals surface area contributed by atoms with Gasteiger partial charge in [0.25, 0.3) is 0 Å². The van der Waals surface area contributed by atoms with Crippen molar-refractivity contribution in [2.24, 2.45) is 0 Å². The summed E-state index contributed by atoms with van der Waals surface area (Å²) in [6.07, 6.45) is -5.65. The van der Waals surface area contributed by atoms with E-state index in [0.717, 1.165) is 17.2 Å². The minimum Gasteiger partial charge on any atom is -0.493 e. The van der Waals surface area contributed by atoms with Crippen LogP contribution < -0.4 is 23.7 Å². The van der Waals surface area contributed by atoms with Crippen LogP contribution in [0.2, 0.25) is 0 Å². The van der Waals surface area contributed by atoms with Crippen molar-refractivity contribution in [3.63, 3.8) is 0 Å². The van der Waals surface area contributed by atoms with Crippen LogP contribution in [-0.2, 0) is 14.3 Å². The maximum absolute atomic E-state index is 11.8. The first-order valence-corrected chi connectivity index (χ1v) is 11.7. The Kier molecular flexibility index (Phi) is 6.86. The SMILES string of the molecule is C/C=C/C(=O)O[C@H]1O[C@@H](Oc2ccc3c(c2)OC[C@H]2c4ccc(OC)c(OC)c4O[C@@H]32)[C@H](O)[C@@H](O)[C@@H]1O. The molecule has 7 atom stereocenters. The quantitative estimate of drug-likeness (QED) is 0.380. The van der Waals surface area contributed by atoms with E-state index < -0.39 is 36.9 Å². The lowest BCUT2D eigenvalue weighted by Gasteiger charge is -2.39. The molecule has 37 heavy (non-hydrogen) atoms. The number of rotatable bonds is 6. The minimum atomic E-state index is -1.67. The molecule has 0 saturated carbocycles. The highest BCUT2D eigenvalue weighted by molar-refractivity contribution is 5.81. The van der Waals surface area contributed by atoms with E-state index in [1.54, 1.807) is 39.3 Å². The van der Waals surface area contributed by atoms with Crippen molar-refractivity contribution in [1.29, 1.82) is 0 Å². The molecule has 0 amide bonds. The first kappa shape index (κ1) is 25.2. The molecular weight excluding hydrogens is 488 g/mol. The van der Waals surface area contributed by atoms with Crippen LogP contribution in [0.15, 0.2) is 42.5 Å². The zero-order valence-corrected chi connectivity index (χ0v) is 20.4. The van der Waals surface area contributed by atoms with Gasteiger partial charge in [-0.15, -0.1) is 0 Å². The zero-order valence-electron chi connectivity index (χ0n) is 20.4. The summed E-state index contributed by atoms with van der Waals surface area (Å²) in [7, 11) is 3.12. The van der Waals surface area contributed by atoms with Gasteiger partial charge in [0, 0.05) is 23.3 Å². The Bertz CT molecular complexity index is 1200. The van der Waals surface area contributed by atoms with Crippen LogP contribution in [0.4, 0.5) is 0 Å². The van der Waals surface area contributed by atoms with Crippen LogP contribution in [0.25, 0.3) is 0 Å². The third-order valence-electron chi connectivity index (χ3n) is 6.56. The molecule has 0 unspecified atom stereocenters. The Balaban J connectivity index is 1.35. The van der Waals surface area contributed by atoms with Crippen molar-refractivity contribution in [2.45, 2.75) is 49.8 Å². The molecule has 3 N–H and O–H groups in total. The summed E-state index contributed by atoms with van der Waals surface area (Å²) in [5, 5.41) is 30.8. The van der Waals surface area contributed by atoms with Crippen LogP contribution in [0, 0.1) is 0 Å². The maximum atomic E-state index is 11.8. The monoisotopic (exact) mass is 516 g/mol. The number of ether oxygens (including phenoxy) is 7. The Morgan fingerprint density at radius 2 is 1.76 bits per heavy atom. The summed E-state index contributed by atoms with van der Waals surface area (Å²) < 4.78 is 39.5. The fourth-order valence-electron chi connectivity index (χ4n) is 4.72. The second-order valence-corrected chi connectivity index (χ2v) is 8.77. The van der Waals surface area contributed by atoms with Crippen LogP contribution in [0.3, 0.4) is 0 Å². The minimum absolute atomic E-state index is 0.0539. The second kappa shape index (κ2) is 10.1. The number of allylic oxidation sites excluding steroid dienone is 1. The number of carbonyl (C=O) groups is 1. The van der Waals surface area contributed by atoms with Gasteiger partial charge in [0.15, 0.2) is 11.5 Å². The lowest BCUT2D eigenvalue weighted by atomic mass is 9.89. The van der Waals surface area contributed by atoms with Crippen LogP contribution >= 0.6 is 0 Å². The highest BCUT2D eigenvalue weighted by Crippen LogP contribution is 2.56. The van der Waals surface area contributed by atoms with Crippen molar-refractivity contribution < 1.29 is 53.3 Å². The Labute approximate surface area is 212 Å². The molecular formula is C26H28O11. The Morgan fingerprint density at radius 3 is 2.49 bits per heavy atom. The highest BCUT2D eigenvalue weighted by Gasteiger charge is 2.47. The number of carbonyl (C=O) groups excluding carboxylic acids is 1. The molecule has 0 spiro atoms. The van der Waals surface area contributed by atoms with Gasteiger partial charge in [-0.1, -0.05) is 12.1 Å². The van der Waals surface area contributed by atoms with Crippen molar-refractivity contribution in [2.75, 3.05) is 20.8 Å². The first-order valence-electron chi connectivity index (χ1n) is 11.7. The van der Waals surface area contributed by atoms with E-state index in [1.807, 2.05) is 12.1 Å². The number of hydrogen-bond acceptors (Lipinski definition) is 11. The van der Waals surface area contributed by atoms with Crippen LogP contribution in [-0.4, -0.2) is 73.0 Å². The van der Waals surface area contributed by atoms with E-state index in [0.29, 0.717) is 29.6 Å². The van der Waals surface area contributed by atoms with Crippen molar-refractivity contribution >= 4 is 5.97 Å². The summed E-state index contributed by atoms with van der Waals surface area (Å²) >= 11 is 0. The second-order valence-electron chi connectivity index (χ2n) is 8.77. The summed E-state index contributed by atoms with van der Waals surface area (Å²) in [4.78, 5) is 11.8. The number of hydrogen-bond donors (Lipinski definition) is 3. The average Bonchev–Trinajstić information content (AvgIpc) is 3.28. The predicted molar refractivity (Wildman–Crippen MR) is 126 cm³/mol. The third-order valence-corrected chi connectivity index (χ3v) is 6.56. The standard InChI is InChI=1S/C26H28O11/c1-4-5-18(27)35-26-21(30)19(28)20(29)25(37-26)34-12-6-7-14-17(10-12)33-11-15-13-8-9-16(31-2)24(32-3)23(13)36-22(14)15/h4-10,15,19-22,25-26,28-30H,11H2,1-3H3/b5-4+/t15-,19+,20+,21-,22-,25+,26-/m0/s1. The van der Waals surface area contributed by atoms with Gasteiger partial charge < -0.3 is 43.7 Å².